The summed E-state index contributed by atoms with van der Waals surface area (Å²) >= 11 is 6.03. The molecule has 1 aromatic heterocycles. The van der Waals surface area contributed by atoms with Crippen molar-refractivity contribution >= 4 is 27.4 Å². The molecule has 0 aliphatic carbocycles. The number of pyridine rings is 1. The summed E-state index contributed by atoms with van der Waals surface area (Å²) in [6, 6.07) is 11.2. The average molecular weight is 411 g/mol. The van der Waals surface area contributed by atoms with Crippen LogP contribution in [0, 0.1) is 0 Å². The van der Waals surface area contributed by atoms with E-state index in [0.717, 1.165) is 18.7 Å². The predicted octanol–water partition coefficient (Wildman–Crippen LogP) is 2.13. The molecule has 2 heterocycles. The highest BCUT2D eigenvalue weighted by Gasteiger charge is 2.22. The summed E-state index contributed by atoms with van der Waals surface area (Å²) in [5.41, 5.74) is 1.16. The second-order valence-electron chi connectivity index (χ2n) is 6.18. The maximum absolute atomic E-state index is 11.8. The molecule has 1 unspecified atom stereocenters. The van der Waals surface area contributed by atoms with E-state index in [9.17, 15) is 8.42 Å². The fourth-order valence-corrected chi connectivity index (χ4v) is 3.80. The number of morpholine rings is 1. The highest BCUT2D eigenvalue weighted by molar-refractivity contribution is 7.89. The van der Waals surface area contributed by atoms with Crippen molar-refractivity contribution in [2.24, 2.45) is 0 Å². The van der Waals surface area contributed by atoms with E-state index in [1.807, 2.05) is 24.3 Å². The average Bonchev–Trinajstić information content (AvgIpc) is 2.70. The van der Waals surface area contributed by atoms with Crippen molar-refractivity contribution in [3.8, 4) is 0 Å². The van der Waals surface area contributed by atoms with Gasteiger partial charge in [0.25, 0.3) is 0 Å². The van der Waals surface area contributed by atoms with Crippen molar-refractivity contribution in [2.75, 3.05) is 45.2 Å². The van der Waals surface area contributed by atoms with Crippen LogP contribution in [0.25, 0.3) is 0 Å². The van der Waals surface area contributed by atoms with E-state index in [2.05, 4.69) is 19.9 Å². The van der Waals surface area contributed by atoms with Crippen LogP contribution in [-0.4, -0.2) is 58.2 Å². The number of sulfonamides is 1. The molecule has 9 heteroatoms. The first-order valence-corrected chi connectivity index (χ1v) is 10.6. The number of halogens is 1. The Bertz CT molecular complexity index is 838. The predicted molar refractivity (Wildman–Crippen MR) is 106 cm³/mol. The van der Waals surface area contributed by atoms with E-state index in [0.29, 0.717) is 30.6 Å². The van der Waals surface area contributed by atoms with E-state index >= 15 is 0 Å². The molecule has 1 aliphatic rings. The Kier molecular flexibility index (Phi) is 6.67. The SMILES string of the molecule is CNS(=O)(=O)c1ccc(NCC(c2ccc(Cl)cc2)N2CCOCC2)nc1. The molecule has 0 bridgehead atoms. The molecule has 1 aromatic carbocycles. The Morgan fingerprint density at radius 1 is 1.19 bits per heavy atom. The summed E-state index contributed by atoms with van der Waals surface area (Å²) in [6.07, 6.45) is 1.35. The van der Waals surface area contributed by atoms with Crippen LogP contribution >= 0.6 is 11.6 Å². The number of aromatic nitrogens is 1. The molecule has 0 saturated carbocycles. The van der Waals surface area contributed by atoms with Gasteiger partial charge in [-0.05, 0) is 36.9 Å². The lowest BCUT2D eigenvalue weighted by atomic mass is 10.0. The van der Waals surface area contributed by atoms with Crippen molar-refractivity contribution in [3.63, 3.8) is 0 Å². The standard InChI is InChI=1S/C18H23ClN4O3S/c1-20-27(24,25)16-6-7-18(21-12-16)22-13-17(23-8-10-26-11-9-23)14-2-4-15(19)5-3-14/h2-7,12,17,20H,8-11,13H2,1H3,(H,21,22). The zero-order chi connectivity index (χ0) is 19.3. The largest absolute Gasteiger partial charge is 0.379 e. The van der Waals surface area contributed by atoms with Gasteiger partial charge in [0, 0.05) is 30.9 Å². The third-order valence-corrected chi connectivity index (χ3v) is 6.18. The number of anilines is 1. The van der Waals surface area contributed by atoms with E-state index in [4.69, 9.17) is 16.3 Å². The molecule has 1 atom stereocenters. The molecule has 0 spiro atoms. The number of nitrogens with zero attached hydrogens (tertiary/aromatic N) is 2. The van der Waals surface area contributed by atoms with Crippen LogP contribution < -0.4 is 10.0 Å². The van der Waals surface area contributed by atoms with Crippen molar-refractivity contribution in [3.05, 3.63) is 53.2 Å². The summed E-state index contributed by atoms with van der Waals surface area (Å²) in [4.78, 5) is 6.72. The summed E-state index contributed by atoms with van der Waals surface area (Å²) in [5.74, 6) is 0.622. The van der Waals surface area contributed by atoms with Crippen LogP contribution in [0.1, 0.15) is 11.6 Å². The molecule has 1 saturated heterocycles. The molecule has 0 amide bonds. The molecule has 2 N–H and O–H groups in total. The lowest BCUT2D eigenvalue weighted by molar-refractivity contribution is 0.0187. The van der Waals surface area contributed by atoms with E-state index in [1.165, 1.54) is 19.3 Å². The highest BCUT2D eigenvalue weighted by atomic mass is 35.5. The third kappa shape index (κ3) is 5.18. The molecule has 27 heavy (non-hydrogen) atoms. The van der Waals surface area contributed by atoms with Gasteiger partial charge in [-0.3, -0.25) is 4.90 Å². The molecule has 7 nitrogen and oxygen atoms in total. The van der Waals surface area contributed by atoms with Crippen LogP contribution in [0.2, 0.25) is 5.02 Å². The molecule has 1 fully saturated rings. The van der Waals surface area contributed by atoms with Gasteiger partial charge in [-0.15, -0.1) is 0 Å². The van der Waals surface area contributed by atoms with Gasteiger partial charge >= 0.3 is 0 Å². The van der Waals surface area contributed by atoms with Gasteiger partial charge in [0.15, 0.2) is 0 Å². The molecular formula is C18H23ClN4O3S. The van der Waals surface area contributed by atoms with Crippen LogP contribution in [0.4, 0.5) is 5.82 Å². The van der Waals surface area contributed by atoms with Gasteiger partial charge in [0.1, 0.15) is 10.7 Å². The minimum atomic E-state index is -3.49. The smallest absolute Gasteiger partial charge is 0.241 e. The number of nitrogens with one attached hydrogen (secondary N) is 2. The van der Waals surface area contributed by atoms with Crippen LogP contribution in [0.15, 0.2) is 47.5 Å². The zero-order valence-electron chi connectivity index (χ0n) is 15.1. The maximum atomic E-state index is 11.8. The van der Waals surface area contributed by atoms with Gasteiger partial charge in [-0.1, -0.05) is 23.7 Å². The number of hydrogen-bond donors (Lipinski definition) is 2. The first-order valence-electron chi connectivity index (χ1n) is 8.70. The van der Waals surface area contributed by atoms with Gasteiger partial charge in [0.05, 0.1) is 19.3 Å². The highest BCUT2D eigenvalue weighted by Crippen LogP contribution is 2.24. The third-order valence-electron chi connectivity index (χ3n) is 4.53. The molecule has 1 aliphatic heterocycles. The van der Waals surface area contributed by atoms with E-state index < -0.39 is 10.0 Å². The first kappa shape index (κ1) is 20.0. The molecule has 3 rings (SSSR count). The van der Waals surface area contributed by atoms with Crippen molar-refractivity contribution in [1.82, 2.24) is 14.6 Å². The Labute approximate surface area is 164 Å². The van der Waals surface area contributed by atoms with Gasteiger partial charge in [-0.2, -0.15) is 0 Å². The number of benzene rings is 1. The van der Waals surface area contributed by atoms with Gasteiger partial charge in [-0.25, -0.2) is 18.1 Å². The fourth-order valence-electron chi connectivity index (χ4n) is 2.99. The number of ether oxygens (including phenoxy) is 1. The topological polar surface area (TPSA) is 83.6 Å². The summed E-state index contributed by atoms with van der Waals surface area (Å²) in [7, 11) is -2.11. The van der Waals surface area contributed by atoms with Crippen LogP contribution in [0.5, 0.6) is 0 Å². The number of hydrogen-bond acceptors (Lipinski definition) is 6. The summed E-state index contributed by atoms with van der Waals surface area (Å²) < 4.78 is 31.3. The summed E-state index contributed by atoms with van der Waals surface area (Å²) in [5, 5.41) is 4.01. The second-order valence-corrected chi connectivity index (χ2v) is 8.51. The molecule has 0 radical (unpaired) electrons. The van der Waals surface area contributed by atoms with Crippen molar-refractivity contribution in [1.29, 1.82) is 0 Å². The Hall–Kier alpha value is -1.71. The molecular weight excluding hydrogens is 388 g/mol. The maximum Gasteiger partial charge on any atom is 0.241 e. The van der Waals surface area contributed by atoms with E-state index in [1.54, 1.807) is 6.07 Å². The fraction of sp³-hybridized carbons (Fsp3) is 0.389. The van der Waals surface area contributed by atoms with Crippen molar-refractivity contribution < 1.29 is 13.2 Å². The lowest BCUT2D eigenvalue weighted by Gasteiger charge is -2.35. The van der Waals surface area contributed by atoms with E-state index in [-0.39, 0.29) is 10.9 Å². The summed E-state index contributed by atoms with van der Waals surface area (Å²) in [6.45, 7) is 3.74. The van der Waals surface area contributed by atoms with Gasteiger partial charge in [0.2, 0.25) is 10.0 Å². The zero-order valence-corrected chi connectivity index (χ0v) is 16.6. The minimum Gasteiger partial charge on any atom is -0.379 e. The van der Waals surface area contributed by atoms with Crippen LogP contribution in [-0.2, 0) is 14.8 Å². The monoisotopic (exact) mass is 410 g/mol. The van der Waals surface area contributed by atoms with Gasteiger partial charge < -0.3 is 10.1 Å². The first-order chi connectivity index (χ1) is 13.0. The molecule has 2 aromatic rings. The second kappa shape index (κ2) is 8.99. The Morgan fingerprint density at radius 2 is 1.89 bits per heavy atom. The van der Waals surface area contributed by atoms with Crippen LogP contribution in [0.3, 0.4) is 0 Å². The number of rotatable bonds is 7. The minimum absolute atomic E-state index is 0.133. The normalized spacial score (nSPS) is 16.8. The Morgan fingerprint density at radius 3 is 2.48 bits per heavy atom. The van der Waals surface area contributed by atoms with Crippen molar-refractivity contribution in [2.45, 2.75) is 10.9 Å². The quantitative estimate of drug-likeness (QED) is 0.727. The lowest BCUT2D eigenvalue weighted by Crippen LogP contribution is -2.41. The molecule has 146 valence electrons. The Balaban J connectivity index is 1.73.